The summed E-state index contributed by atoms with van der Waals surface area (Å²) in [6, 6.07) is 13.7. The molecule has 0 spiro atoms. The molecule has 0 saturated carbocycles. The molecule has 0 amide bonds. The first-order valence-electron chi connectivity index (χ1n) is 6.19. The van der Waals surface area contributed by atoms with E-state index in [1.165, 1.54) is 12.1 Å². The summed E-state index contributed by atoms with van der Waals surface area (Å²) in [5.74, 6) is 0.718. The van der Waals surface area contributed by atoms with E-state index in [2.05, 4.69) is 6.92 Å². The van der Waals surface area contributed by atoms with Crippen molar-refractivity contribution in [3.63, 3.8) is 0 Å². The maximum atomic E-state index is 13.0. The van der Waals surface area contributed by atoms with E-state index < -0.39 is 0 Å². The smallest absolute Gasteiger partial charge is 0.167 e. The van der Waals surface area contributed by atoms with E-state index in [1.54, 1.807) is 23.9 Å². The zero-order valence-electron chi connectivity index (χ0n) is 10.7. The second-order valence-corrected chi connectivity index (χ2v) is 5.52. The summed E-state index contributed by atoms with van der Waals surface area (Å²) in [5.41, 5.74) is 1.38. The minimum atomic E-state index is -0.306. The lowest BCUT2D eigenvalue weighted by atomic mass is 10.0. The van der Waals surface area contributed by atoms with Gasteiger partial charge in [0.2, 0.25) is 0 Å². The third-order valence-corrected chi connectivity index (χ3v) is 3.64. The maximum Gasteiger partial charge on any atom is 0.167 e. The van der Waals surface area contributed by atoms with Gasteiger partial charge in [0.15, 0.2) is 5.78 Å². The number of carbonyl (C=O) groups excluding carboxylic acids is 1. The van der Waals surface area contributed by atoms with Gasteiger partial charge in [-0.05, 0) is 35.6 Å². The molecule has 0 fully saturated rings. The quantitative estimate of drug-likeness (QED) is 0.595. The van der Waals surface area contributed by atoms with Gasteiger partial charge in [0, 0.05) is 16.9 Å². The summed E-state index contributed by atoms with van der Waals surface area (Å²) in [7, 11) is 0. The topological polar surface area (TPSA) is 17.1 Å². The number of ketones is 1. The summed E-state index contributed by atoms with van der Waals surface area (Å²) in [6.07, 6.45) is 0.234. The molecule has 0 aliphatic carbocycles. The van der Waals surface area contributed by atoms with Crippen molar-refractivity contribution in [2.45, 2.75) is 18.2 Å². The van der Waals surface area contributed by atoms with Gasteiger partial charge in [-0.25, -0.2) is 4.39 Å². The molecule has 0 aliphatic rings. The molecule has 0 saturated heterocycles. The van der Waals surface area contributed by atoms with Crippen LogP contribution >= 0.6 is 11.8 Å². The molecule has 2 aromatic rings. The van der Waals surface area contributed by atoms with E-state index in [-0.39, 0.29) is 18.0 Å². The van der Waals surface area contributed by atoms with E-state index >= 15 is 0 Å². The number of hydrogen-bond acceptors (Lipinski definition) is 2. The fourth-order valence-corrected chi connectivity index (χ4v) is 2.50. The summed E-state index contributed by atoms with van der Waals surface area (Å²) < 4.78 is 13.0. The van der Waals surface area contributed by atoms with Crippen LogP contribution in [0.15, 0.2) is 53.4 Å². The van der Waals surface area contributed by atoms with Crippen LogP contribution in [0, 0.1) is 5.82 Å². The van der Waals surface area contributed by atoms with Crippen LogP contribution in [0.3, 0.4) is 0 Å². The van der Waals surface area contributed by atoms with Gasteiger partial charge in [-0.3, -0.25) is 4.79 Å². The Labute approximate surface area is 116 Å². The largest absolute Gasteiger partial charge is 0.294 e. The predicted molar refractivity (Wildman–Crippen MR) is 77.3 cm³/mol. The van der Waals surface area contributed by atoms with Crippen LogP contribution < -0.4 is 0 Å². The van der Waals surface area contributed by atoms with Crippen LogP contribution in [0.1, 0.15) is 22.8 Å². The fourth-order valence-electron chi connectivity index (χ4n) is 1.84. The molecule has 2 rings (SSSR count). The number of Topliss-reactive ketones (excluding diaryl/α,β-unsaturated/α-hetero) is 1. The maximum absolute atomic E-state index is 13.0. The van der Waals surface area contributed by atoms with E-state index in [0.717, 1.165) is 10.6 Å². The van der Waals surface area contributed by atoms with Crippen molar-refractivity contribution >= 4 is 17.5 Å². The fraction of sp³-hybridized carbons (Fsp3) is 0.188. The highest BCUT2D eigenvalue weighted by Gasteiger charge is 2.07. The Hall–Kier alpha value is -1.61. The Morgan fingerprint density at radius 2 is 1.89 bits per heavy atom. The third kappa shape index (κ3) is 3.93. The van der Waals surface area contributed by atoms with Gasteiger partial charge in [0.25, 0.3) is 0 Å². The van der Waals surface area contributed by atoms with E-state index in [4.69, 9.17) is 0 Å². The van der Waals surface area contributed by atoms with Crippen LogP contribution in [0.4, 0.5) is 4.39 Å². The first kappa shape index (κ1) is 13.8. The molecule has 2 aromatic carbocycles. The first-order chi connectivity index (χ1) is 9.19. The van der Waals surface area contributed by atoms with Crippen molar-refractivity contribution in [2.24, 2.45) is 0 Å². The molecule has 0 N–H and O–H groups in total. The minimum absolute atomic E-state index is 0.0126. The van der Waals surface area contributed by atoms with Gasteiger partial charge >= 0.3 is 0 Å². The minimum Gasteiger partial charge on any atom is -0.294 e. The van der Waals surface area contributed by atoms with Gasteiger partial charge in [-0.15, -0.1) is 11.8 Å². The second-order valence-electron chi connectivity index (χ2n) is 4.19. The third-order valence-electron chi connectivity index (χ3n) is 2.74. The SMILES string of the molecule is CCSc1ccc(C(=O)Cc2cccc(F)c2)cc1. The summed E-state index contributed by atoms with van der Waals surface area (Å²) in [4.78, 5) is 13.2. The second kappa shape index (κ2) is 6.53. The normalized spacial score (nSPS) is 10.4. The molecular formula is C16H15FOS. The van der Waals surface area contributed by atoms with Gasteiger partial charge in [-0.2, -0.15) is 0 Å². The molecule has 0 aliphatic heterocycles. The van der Waals surface area contributed by atoms with Gasteiger partial charge in [0.1, 0.15) is 5.82 Å². The molecule has 19 heavy (non-hydrogen) atoms. The average Bonchev–Trinajstić information content (AvgIpc) is 2.40. The Balaban J connectivity index is 2.07. The molecule has 0 radical (unpaired) electrons. The zero-order valence-corrected chi connectivity index (χ0v) is 11.5. The Kier molecular flexibility index (Phi) is 4.74. The molecule has 1 nitrogen and oxygen atoms in total. The highest BCUT2D eigenvalue weighted by atomic mass is 32.2. The molecule has 0 bridgehead atoms. The molecule has 3 heteroatoms. The highest BCUT2D eigenvalue weighted by Crippen LogP contribution is 2.18. The summed E-state index contributed by atoms with van der Waals surface area (Å²) >= 11 is 1.74. The Bertz CT molecular complexity index is 563. The predicted octanol–water partition coefficient (Wildman–Crippen LogP) is 4.36. The van der Waals surface area contributed by atoms with E-state index in [1.807, 2.05) is 24.3 Å². The van der Waals surface area contributed by atoms with Crippen molar-refractivity contribution in [1.82, 2.24) is 0 Å². The van der Waals surface area contributed by atoms with Crippen molar-refractivity contribution in [3.05, 3.63) is 65.5 Å². The number of rotatable bonds is 5. The molecule has 0 aromatic heterocycles. The van der Waals surface area contributed by atoms with Crippen LogP contribution in [-0.4, -0.2) is 11.5 Å². The highest BCUT2D eigenvalue weighted by molar-refractivity contribution is 7.99. The summed E-state index contributed by atoms with van der Waals surface area (Å²) in [6.45, 7) is 2.09. The van der Waals surface area contributed by atoms with Gasteiger partial charge < -0.3 is 0 Å². The lowest BCUT2D eigenvalue weighted by Crippen LogP contribution is -2.03. The van der Waals surface area contributed by atoms with Crippen LogP contribution in [-0.2, 0) is 6.42 Å². The number of halogens is 1. The monoisotopic (exact) mass is 274 g/mol. The van der Waals surface area contributed by atoms with Crippen molar-refractivity contribution in [3.8, 4) is 0 Å². The van der Waals surface area contributed by atoms with Crippen molar-refractivity contribution in [1.29, 1.82) is 0 Å². The molecule has 0 heterocycles. The molecule has 98 valence electrons. The Morgan fingerprint density at radius 3 is 2.53 bits per heavy atom. The number of carbonyl (C=O) groups is 1. The summed E-state index contributed by atoms with van der Waals surface area (Å²) in [5, 5.41) is 0. The molecule has 0 unspecified atom stereocenters. The van der Waals surface area contributed by atoms with E-state index in [9.17, 15) is 9.18 Å². The lowest BCUT2D eigenvalue weighted by Gasteiger charge is -2.03. The van der Waals surface area contributed by atoms with Gasteiger partial charge in [0.05, 0.1) is 0 Å². The van der Waals surface area contributed by atoms with Crippen molar-refractivity contribution < 1.29 is 9.18 Å². The standard InChI is InChI=1S/C16H15FOS/c1-2-19-15-8-6-13(7-9-15)16(18)11-12-4-3-5-14(17)10-12/h3-10H,2,11H2,1H3. The van der Waals surface area contributed by atoms with Crippen molar-refractivity contribution in [2.75, 3.05) is 5.75 Å². The average molecular weight is 274 g/mol. The van der Waals surface area contributed by atoms with Crippen LogP contribution in [0.25, 0.3) is 0 Å². The van der Waals surface area contributed by atoms with Crippen LogP contribution in [0.2, 0.25) is 0 Å². The lowest BCUT2D eigenvalue weighted by molar-refractivity contribution is 0.0993. The number of benzene rings is 2. The van der Waals surface area contributed by atoms with Gasteiger partial charge in [-0.1, -0.05) is 31.2 Å². The van der Waals surface area contributed by atoms with Crippen LogP contribution in [0.5, 0.6) is 0 Å². The zero-order chi connectivity index (χ0) is 13.7. The number of thioether (sulfide) groups is 1. The number of hydrogen-bond donors (Lipinski definition) is 0. The molecular weight excluding hydrogens is 259 g/mol. The molecule has 0 atom stereocenters. The van der Waals surface area contributed by atoms with E-state index in [0.29, 0.717) is 11.1 Å². The first-order valence-corrected chi connectivity index (χ1v) is 7.18. The Morgan fingerprint density at radius 1 is 1.16 bits per heavy atom.